The maximum absolute atomic E-state index is 4.77. The summed E-state index contributed by atoms with van der Waals surface area (Å²) in [5.74, 6) is 0. The molecule has 4 aromatic heterocycles. The zero-order valence-electron chi connectivity index (χ0n) is 15.7. The Kier molecular flexibility index (Phi) is 3.76. The van der Waals surface area contributed by atoms with Crippen molar-refractivity contribution in [2.24, 2.45) is 4.99 Å². The summed E-state index contributed by atoms with van der Waals surface area (Å²) in [5, 5.41) is 4.16. The van der Waals surface area contributed by atoms with Crippen LogP contribution in [0.3, 0.4) is 0 Å². The van der Waals surface area contributed by atoms with E-state index in [9.17, 15) is 0 Å². The number of nitrogens with one attached hydrogen (secondary N) is 4. The van der Waals surface area contributed by atoms with E-state index in [-0.39, 0.29) is 0 Å². The van der Waals surface area contributed by atoms with Crippen LogP contribution in [0.25, 0.3) is 45.3 Å². The molecule has 4 aromatic rings. The SMILES string of the molecule is CN=c1c2ccc(cc3nc(c(NC)c4ccc(cc5ccc1[nH]5)[nH]4)C=C3)[nH]2. The Morgan fingerprint density at radius 1 is 0.786 bits per heavy atom. The van der Waals surface area contributed by atoms with Crippen LogP contribution in [0.4, 0.5) is 5.69 Å². The van der Waals surface area contributed by atoms with Crippen molar-refractivity contribution in [1.29, 1.82) is 0 Å². The molecule has 0 amide bonds. The molecule has 0 spiro atoms. The van der Waals surface area contributed by atoms with E-state index in [0.717, 1.165) is 55.5 Å². The molecule has 1 aliphatic rings. The minimum Gasteiger partial charge on any atom is -0.385 e. The summed E-state index contributed by atoms with van der Waals surface area (Å²) in [4.78, 5) is 19.6. The first-order valence-corrected chi connectivity index (χ1v) is 9.17. The number of rotatable bonds is 1. The van der Waals surface area contributed by atoms with Crippen molar-refractivity contribution in [3.63, 3.8) is 0 Å². The third kappa shape index (κ3) is 2.75. The van der Waals surface area contributed by atoms with Crippen LogP contribution in [-0.2, 0) is 0 Å². The number of nitrogens with zero attached hydrogens (tertiary/aromatic N) is 2. The molecule has 8 bridgehead atoms. The molecule has 0 aromatic carbocycles. The molecule has 6 heteroatoms. The fourth-order valence-electron chi connectivity index (χ4n) is 3.62. The average Bonchev–Trinajstić information content (AvgIpc) is 3.47. The molecule has 4 N–H and O–H groups in total. The lowest BCUT2D eigenvalue weighted by molar-refractivity contribution is 1.28. The number of fused-ring (bicyclic) bond motifs is 8. The molecule has 0 aliphatic carbocycles. The molecular formula is C22H20N6. The van der Waals surface area contributed by atoms with Gasteiger partial charge in [0.2, 0.25) is 0 Å². The van der Waals surface area contributed by atoms with Crippen molar-refractivity contribution in [2.45, 2.75) is 0 Å². The van der Waals surface area contributed by atoms with Gasteiger partial charge in [0.15, 0.2) is 0 Å². The molecule has 138 valence electrons. The summed E-state index contributed by atoms with van der Waals surface area (Å²) in [6.07, 6.45) is 4.05. The number of H-pyrrole nitrogens is 3. The number of aromatic amines is 3. The van der Waals surface area contributed by atoms with E-state index >= 15 is 0 Å². The average molecular weight is 368 g/mol. The fourth-order valence-corrected chi connectivity index (χ4v) is 3.62. The van der Waals surface area contributed by atoms with E-state index in [2.05, 4.69) is 55.6 Å². The van der Waals surface area contributed by atoms with E-state index in [4.69, 9.17) is 4.98 Å². The standard InChI is InChI=1S/C22H20N6/c1-23-21-17-7-3-13(25-17)11-15-5-9-19(27-15)22(24-2)20-10-6-16(28-20)12-14-4-8-18(21)26-14/h3-12,23,25,27-28H,1-2H3. The number of hydrogen-bond donors (Lipinski definition) is 4. The predicted molar refractivity (Wildman–Crippen MR) is 116 cm³/mol. The van der Waals surface area contributed by atoms with Crippen LogP contribution in [-0.4, -0.2) is 34.0 Å². The smallest absolute Gasteiger partial charge is 0.104 e. The minimum atomic E-state index is 0.889. The summed E-state index contributed by atoms with van der Waals surface area (Å²) in [6, 6.07) is 16.4. The molecule has 0 fully saturated rings. The number of aromatic nitrogens is 4. The van der Waals surface area contributed by atoms with Gasteiger partial charge in [-0.1, -0.05) is 0 Å². The third-order valence-corrected chi connectivity index (χ3v) is 4.91. The molecule has 5 heterocycles. The Morgan fingerprint density at radius 2 is 1.39 bits per heavy atom. The number of hydrogen-bond acceptors (Lipinski definition) is 3. The molecule has 0 saturated heterocycles. The van der Waals surface area contributed by atoms with Gasteiger partial charge in [-0.2, -0.15) is 0 Å². The van der Waals surface area contributed by atoms with Crippen molar-refractivity contribution in [1.82, 2.24) is 19.9 Å². The highest BCUT2D eigenvalue weighted by atomic mass is 14.9. The number of anilines is 1. The van der Waals surface area contributed by atoms with Gasteiger partial charge in [-0.3, -0.25) is 4.99 Å². The van der Waals surface area contributed by atoms with Gasteiger partial charge in [0.25, 0.3) is 0 Å². The topological polar surface area (TPSA) is 84.7 Å². The highest BCUT2D eigenvalue weighted by Crippen LogP contribution is 2.23. The van der Waals surface area contributed by atoms with Crippen LogP contribution in [0, 0.1) is 0 Å². The molecule has 0 saturated carbocycles. The van der Waals surface area contributed by atoms with Gasteiger partial charge in [0.1, 0.15) is 5.36 Å². The lowest BCUT2D eigenvalue weighted by atomic mass is 10.3. The van der Waals surface area contributed by atoms with Crippen molar-refractivity contribution in [2.75, 3.05) is 19.4 Å². The Morgan fingerprint density at radius 3 is 2.04 bits per heavy atom. The van der Waals surface area contributed by atoms with Crippen LogP contribution in [0.5, 0.6) is 0 Å². The second kappa shape index (κ2) is 6.42. The maximum atomic E-state index is 4.77. The van der Waals surface area contributed by atoms with Crippen LogP contribution in [0.1, 0.15) is 11.4 Å². The summed E-state index contributed by atoms with van der Waals surface area (Å²) >= 11 is 0. The first-order valence-electron chi connectivity index (χ1n) is 9.17. The largest absolute Gasteiger partial charge is 0.385 e. The van der Waals surface area contributed by atoms with Crippen LogP contribution >= 0.6 is 0 Å². The fraction of sp³-hybridized carbons (Fsp3) is 0.0909. The molecule has 6 nitrogen and oxygen atoms in total. The van der Waals surface area contributed by atoms with Crippen LogP contribution < -0.4 is 10.7 Å². The predicted octanol–water partition coefficient (Wildman–Crippen LogP) is 4.27. The maximum Gasteiger partial charge on any atom is 0.104 e. The monoisotopic (exact) mass is 368 g/mol. The summed E-state index contributed by atoms with van der Waals surface area (Å²) in [7, 11) is 3.72. The highest BCUT2D eigenvalue weighted by molar-refractivity contribution is 5.86. The molecule has 28 heavy (non-hydrogen) atoms. The van der Waals surface area contributed by atoms with Gasteiger partial charge in [-0.05, 0) is 60.7 Å². The lowest BCUT2D eigenvalue weighted by Crippen LogP contribution is -2.01. The van der Waals surface area contributed by atoms with Gasteiger partial charge in [-0.15, -0.1) is 0 Å². The van der Waals surface area contributed by atoms with Crippen LogP contribution in [0.2, 0.25) is 0 Å². The van der Waals surface area contributed by atoms with Crippen LogP contribution in [0.15, 0.2) is 53.5 Å². The molecular weight excluding hydrogens is 348 g/mol. The third-order valence-electron chi connectivity index (χ3n) is 4.91. The molecule has 5 rings (SSSR count). The Labute approximate surface area is 161 Å². The zero-order chi connectivity index (χ0) is 19.1. The Hall–Kier alpha value is -3.80. The van der Waals surface area contributed by atoms with Gasteiger partial charge >= 0.3 is 0 Å². The van der Waals surface area contributed by atoms with Gasteiger partial charge < -0.3 is 20.3 Å². The van der Waals surface area contributed by atoms with Gasteiger partial charge in [-0.25, -0.2) is 4.98 Å². The first kappa shape index (κ1) is 16.4. The Bertz CT molecular complexity index is 1410. The minimum absolute atomic E-state index is 0.889. The highest BCUT2D eigenvalue weighted by Gasteiger charge is 2.06. The second-order valence-corrected chi connectivity index (χ2v) is 6.72. The van der Waals surface area contributed by atoms with E-state index in [1.165, 1.54) is 0 Å². The Balaban J connectivity index is 1.95. The van der Waals surface area contributed by atoms with E-state index in [1.807, 2.05) is 37.4 Å². The van der Waals surface area contributed by atoms with Gasteiger partial charge in [0.05, 0.1) is 33.6 Å². The van der Waals surface area contributed by atoms with Crippen molar-refractivity contribution in [3.05, 3.63) is 65.3 Å². The molecule has 0 radical (unpaired) electrons. The van der Waals surface area contributed by atoms with E-state index in [1.54, 1.807) is 7.05 Å². The normalized spacial score (nSPS) is 12.7. The molecule has 1 aliphatic heterocycles. The van der Waals surface area contributed by atoms with E-state index < -0.39 is 0 Å². The first-order chi connectivity index (χ1) is 13.7. The second-order valence-electron chi connectivity index (χ2n) is 6.72. The van der Waals surface area contributed by atoms with E-state index in [0.29, 0.717) is 0 Å². The summed E-state index contributed by atoms with van der Waals surface area (Å²) in [5.41, 5.74) is 8.70. The molecule has 0 unspecified atom stereocenters. The van der Waals surface area contributed by atoms with Crippen molar-refractivity contribution < 1.29 is 0 Å². The summed E-state index contributed by atoms with van der Waals surface area (Å²) in [6.45, 7) is 0. The van der Waals surface area contributed by atoms with Crippen molar-refractivity contribution in [3.8, 4) is 0 Å². The zero-order valence-corrected chi connectivity index (χ0v) is 15.7. The quantitative estimate of drug-likeness (QED) is 0.356. The van der Waals surface area contributed by atoms with Gasteiger partial charge in [0, 0.05) is 30.6 Å². The van der Waals surface area contributed by atoms with Crippen molar-refractivity contribution >= 4 is 50.9 Å². The molecule has 0 atom stereocenters. The summed E-state index contributed by atoms with van der Waals surface area (Å²) < 4.78 is 0. The lowest BCUT2D eigenvalue weighted by Gasteiger charge is -2.00.